The van der Waals surface area contributed by atoms with Gasteiger partial charge in [0.05, 0.1) is 12.1 Å². The van der Waals surface area contributed by atoms with Crippen LogP contribution in [0.2, 0.25) is 0 Å². The molecule has 0 radical (unpaired) electrons. The molecule has 1 atom stereocenters. The van der Waals surface area contributed by atoms with Gasteiger partial charge in [0.25, 0.3) is 5.91 Å². The van der Waals surface area contributed by atoms with Crippen LogP contribution < -0.4 is 4.90 Å². The first-order valence-electron chi connectivity index (χ1n) is 9.45. The number of amides is 1. The summed E-state index contributed by atoms with van der Waals surface area (Å²) in [7, 11) is 0. The van der Waals surface area contributed by atoms with Crippen LogP contribution in [0.5, 0.6) is 0 Å². The van der Waals surface area contributed by atoms with E-state index in [0.717, 1.165) is 10.0 Å². The van der Waals surface area contributed by atoms with Crippen molar-refractivity contribution in [2.24, 2.45) is 0 Å². The van der Waals surface area contributed by atoms with E-state index in [1.165, 1.54) is 0 Å². The molecule has 3 aromatic rings. The largest absolute Gasteiger partial charge is 0.375 e. The summed E-state index contributed by atoms with van der Waals surface area (Å²) in [5.74, 6) is -0.719. The van der Waals surface area contributed by atoms with E-state index < -0.39 is 11.5 Å². The van der Waals surface area contributed by atoms with E-state index in [1.807, 2.05) is 48.5 Å². The van der Waals surface area contributed by atoms with Crippen LogP contribution in [0.1, 0.15) is 27.9 Å². The monoisotopic (exact) mass is 449 g/mol. The Hall–Kier alpha value is -2.76. The molecule has 4 nitrogen and oxygen atoms in total. The van der Waals surface area contributed by atoms with Crippen LogP contribution in [0.25, 0.3) is 0 Å². The van der Waals surface area contributed by atoms with Crippen molar-refractivity contribution in [3.63, 3.8) is 0 Å². The number of anilines is 1. The number of Topliss-reactive ketones (excluding diaryl/α,β-unsaturated/α-hetero) is 1. The molecule has 1 heterocycles. The van der Waals surface area contributed by atoms with E-state index in [0.29, 0.717) is 29.8 Å². The van der Waals surface area contributed by atoms with Crippen molar-refractivity contribution >= 4 is 33.3 Å². The Kier molecular flexibility index (Phi) is 5.35. The molecule has 146 valence electrons. The highest BCUT2D eigenvalue weighted by Crippen LogP contribution is 2.44. The molecule has 1 aliphatic rings. The summed E-state index contributed by atoms with van der Waals surface area (Å²) in [5, 5.41) is 11.4. The minimum absolute atomic E-state index is 0.266. The topological polar surface area (TPSA) is 57.6 Å². The second kappa shape index (κ2) is 7.93. The Balaban J connectivity index is 1.65. The van der Waals surface area contributed by atoms with Gasteiger partial charge in [0.15, 0.2) is 11.4 Å². The van der Waals surface area contributed by atoms with Crippen LogP contribution in [0.15, 0.2) is 83.3 Å². The minimum atomic E-state index is -1.87. The number of hydrogen-bond acceptors (Lipinski definition) is 3. The highest BCUT2D eigenvalue weighted by molar-refractivity contribution is 9.10. The van der Waals surface area contributed by atoms with Crippen molar-refractivity contribution in [2.45, 2.75) is 18.4 Å². The Morgan fingerprint density at radius 2 is 1.62 bits per heavy atom. The van der Waals surface area contributed by atoms with Gasteiger partial charge in [-0.2, -0.15) is 0 Å². The lowest BCUT2D eigenvalue weighted by atomic mass is 9.88. The summed E-state index contributed by atoms with van der Waals surface area (Å²) in [4.78, 5) is 27.7. The van der Waals surface area contributed by atoms with Crippen molar-refractivity contribution in [1.82, 2.24) is 0 Å². The van der Waals surface area contributed by atoms with Gasteiger partial charge in [0.1, 0.15) is 0 Å². The molecule has 1 N–H and O–H groups in total. The van der Waals surface area contributed by atoms with E-state index in [4.69, 9.17) is 0 Å². The van der Waals surface area contributed by atoms with E-state index >= 15 is 0 Å². The van der Waals surface area contributed by atoms with Crippen molar-refractivity contribution in [1.29, 1.82) is 0 Å². The molecule has 0 bridgehead atoms. The second-order valence-corrected chi connectivity index (χ2v) is 8.10. The van der Waals surface area contributed by atoms with Crippen LogP contribution in [-0.4, -0.2) is 23.3 Å². The molecule has 1 aliphatic heterocycles. The molecule has 0 aliphatic carbocycles. The second-order valence-electron chi connectivity index (χ2n) is 7.18. The van der Waals surface area contributed by atoms with Crippen LogP contribution in [-0.2, 0) is 16.8 Å². The predicted molar refractivity (Wildman–Crippen MR) is 116 cm³/mol. The fourth-order valence-corrected chi connectivity index (χ4v) is 4.12. The van der Waals surface area contributed by atoms with E-state index in [9.17, 15) is 14.7 Å². The van der Waals surface area contributed by atoms with E-state index in [-0.39, 0.29) is 12.2 Å². The Morgan fingerprint density at radius 3 is 2.31 bits per heavy atom. The molecule has 29 heavy (non-hydrogen) atoms. The third-order valence-electron chi connectivity index (χ3n) is 5.27. The number of benzene rings is 3. The molecule has 3 aromatic carbocycles. The SMILES string of the molecule is O=C(C[C@@]1(O)C(=O)N(CCc2ccccc2)c2ccc(Br)cc21)c1ccccc1. The highest BCUT2D eigenvalue weighted by Gasteiger charge is 2.50. The predicted octanol–water partition coefficient (Wildman–Crippen LogP) is 4.50. The number of carbonyl (C=O) groups excluding carboxylic acids is 2. The highest BCUT2D eigenvalue weighted by atomic mass is 79.9. The molecule has 0 aromatic heterocycles. The van der Waals surface area contributed by atoms with Crippen LogP contribution in [0.4, 0.5) is 5.69 Å². The first-order valence-corrected chi connectivity index (χ1v) is 10.2. The molecule has 0 spiro atoms. The third-order valence-corrected chi connectivity index (χ3v) is 5.77. The average molecular weight is 450 g/mol. The van der Waals surface area contributed by atoms with Gasteiger partial charge < -0.3 is 10.0 Å². The maximum Gasteiger partial charge on any atom is 0.264 e. The molecule has 4 rings (SSSR count). The van der Waals surface area contributed by atoms with E-state index in [1.54, 1.807) is 35.2 Å². The van der Waals surface area contributed by atoms with Gasteiger partial charge in [-0.15, -0.1) is 0 Å². The maximum atomic E-state index is 13.3. The van der Waals surface area contributed by atoms with Crippen molar-refractivity contribution in [3.8, 4) is 0 Å². The quantitative estimate of drug-likeness (QED) is 0.563. The molecule has 1 amide bonds. The molecular formula is C24H20BrNO3. The molecule has 0 unspecified atom stereocenters. The van der Waals surface area contributed by atoms with Crippen molar-refractivity contribution < 1.29 is 14.7 Å². The maximum absolute atomic E-state index is 13.3. The average Bonchev–Trinajstić information content (AvgIpc) is 2.94. The zero-order valence-corrected chi connectivity index (χ0v) is 17.3. The van der Waals surface area contributed by atoms with Gasteiger partial charge in [-0.05, 0) is 30.2 Å². The number of carbonyl (C=O) groups is 2. The number of hydrogen-bond donors (Lipinski definition) is 1. The Morgan fingerprint density at radius 1 is 0.966 bits per heavy atom. The van der Waals surface area contributed by atoms with Crippen molar-refractivity contribution in [2.75, 3.05) is 11.4 Å². The first-order chi connectivity index (χ1) is 14.0. The Labute approximate surface area is 177 Å². The Bertz CT molecular complexity index is 1050. The summed E-state index contributed by atoms with van der Waals surface area (Å²) in [6, 6.07) is 24.0. The first kappa shape index (κ1) is 19.6. The summed E-state index contributed by atoms with van der Waals surface area (Å²) in [5.41, 5.74) is 0.831. The summed E-state index contributed by atoms with van der Waals surface area (Å²) in [6.45, 7) is 0.430. The molecule has 0 saturated heterocycles. The fourth-order valence-electron chi connectivity index (χ4n) is 3.76. The number of nitrogens with zero attached hydrogens (tertiary/aromatic N) is 1. The summed E-state index contributed by atoms with van der Waals surface area (Å²) in [6.07, 6.45) is 0.367. The molecular weight excluding hydrogens is 430 g/mol. The van der Waals surface area contributed by atoms with Crippen LogP contribution in [0, 0.1) is 0 Å². The van der Waals surface area contributed by atoms with Gasteiger partial charge >= 0.3 is 0 Å². The number of rotatable bonds is 6. The van der Waals surface area contributed by atoms with Gasteiger partial charge in [-0.25, -0.2) is 0 Å². The minimum Gasteiger partial charge on any atom is -0.375 e. The molecule has 5 heteroatoms. The smallest absolute Gasteiger partial charge is 0.264 e. The van der Waals surface area contributed by atoms with Crippen LogP contribution >= 0.6 is 15.9 Å². The zero-order chi connectivity index (χ0) is 20.4. The molecule has 0 saturated carbocycles. The van der Waals surface area contributed by atoms with Gasteiger partial charge in [-0.3, -0.25) is 9.59 Å². The number of ketones is 1. The number of halogens is 1. The standard InChI is InChI=1S/C24H20BrNO3/c25-19-11-12-21-20(15-19)24(29,16-22(27)18-9-5-2-6-10-18)23(28)26(21)14-13-17-7-3-1-4-8-17/h1-12,15,29H,13-14,16H2/t24-/m0/s1. The van der Waals surface area contributed by atoms with Gasteiger partial charge in [-0.1, -0.05) is 76.6 Å². The number of fused-ring (bicyclic) bond motifs is 1. The number of aliphatic hydroxyl groups is 1. The lowest BCUT2D eigenvalue weighted by Gasteiger charge is -2.23. The lowest BCUT2D eigenvalue weighted by Crippen LogP contribution is -2.42. The lowest BCUT2D eigenvalue weighted by molar-refractivity contribution is -0.135. The molecule has 0 fully saturated rings. The van der Waals surface area contributed by atoms with Gasteiger partial charge in [0.2, 0.25) is 0 Å². The fraction of sp³-hybridized carbons (Fsp3) is 0.167. The third kappa shape index (κ3) is 3.76. The van der Waals surface area contributed by atoms with Gasteiger partial charge in [0, 0.05) is 22.1 Å². The zero-order valence-electron chi connectivity index (χ0n) is 15.7. The summed E-state index contributed by atoms with van der Waals surface area (Å²) >= 11 is 3.42. The van der Waals surface area contributed by atoms with Crippen molar-refractivity contribution in [3.05, 3.63) is 100 Å². The van der Waals surface area contributed by atoms with E-state index in [2.05, 4.69) is 15.9 Å². The van der Waals surface area contributed by atoms with Crippen LogP contribution in [0.3, 0.4) is 0 Å². The summed E-state index contributed by atoms with van der Waals surface area (Å²) < 4.78 is 0.750. The normalized spacial score (nSPS) is 18.0.